The van der Waals surface area contributed by atoms with Crippen LogP contribution in [0.15, 0.2) is 30.6 Å². The molecule has 3 rings (SSSR count). The SMILES string of the molecule is CN1CCN(CCNc2cc(Cl)nc(-c3ccncc3)n2)CC1. The molecular formula is C16H21ClN6. The fourth-order valence-electron chi connectivity index (χ4n) is 2.55. The lowest BCUT2D eigenvalue weighted by Crippen LogP contribution is -2.45. The highest BCUT2D eigenvalue weighted by Gasteiger charge is 2.13. The first-order valence-corrected chi connectivity index (χ1v) is 8.18. The molecular weight excluding hydrogens is 312 g/mol. The summed E-state index contributed by atoms with van der Waals surface area (Å²) in [5.74, 6) is 1.37. The summed E-state index contributed by atoms with van der Waals surface area (Å²) in [5.41, 5.74) is 0.907. The predicted molar refractivity (Wildman–Crippen MR) is 92.7 cm³/mol. The van der Waals surface area contributed by atoms with Crippen molar-refractivity contribution in [2.45, 2.75) is 0 Å². The first kappa shape index (κ1) is 16.1. The standard InChI is InChI=1S/C16H21ClN6/c1-22-8-10-23(11-9-22)7-6-19-15-12-14(17)20-16(21-15)13-2-4-18-5-3-13/h2-5,12H,6-11H2,1H3,(H,19,20,21). The van der Waals surface area contributed by atoms with E-state index in [4.69, 9.17) is 11.6 Å². The Morgan fingerprint density at radius 1 is 1.13 bits per heavy atom. The minimum Gasteiger partial charge on any atom is -0.369 e. The summed E-state index contributed by atoms with van der Waals surface area (Å²) in [7, 11) is 2.17. The van der Waals surface area contributed by atoms with E-state index in [1.807, 2.05) is 12.1 Å². The number of hydrogen-bond acceptors (Lipinski definition) is 6. The van der Waals surface area contributed by atoms with E-state index in [0.29, 0.717) is 11.0 Å². The van der Waals surface area contributed by atoms with E-state index in [2.05, 4.69) is 37.1 Å². The lowest BCUT2D eigenvalue weighted by Gasteiger charge is -2.32. The topological polar surface area (TPSA) is 57.2 Å². The molecule has 1 saturated heterocycles. The Balaban J connectivity index is 1.59. The van der Waals surface area contributed by atoms with Gasteiger partial charge in [-0.2, -0.15) is 0 Å². The summed E-state index contributed by atoms with van der Waals surface area (Å²) in [6, 6.07) is 5.51. The Kier molecular flexibility index (Phi) is 5.38. The van der Waals surface area contributed by atoms with E-state index in [0.717, 1.165) is 50.6 Å². The van der Waals surface area contributed by atoms with Gasteiger partial charge in [-0.15, -0.1) is 0 Å². The molecule has 1 aliphatic rings. The van der Waals surface area contributed by atoms with Gasteiger partial charge in [0.15, 0.2) is 5.82 Å². The van der Waals surface area contributed by atoms with Gasteiger partial charge in [-0.05, 0) is 19.2 Å². The molecule has 23 heavy (non-hydrogen) atoms. The third-order valence-electron chi connectivity index (χ3n) is 3.96. The van der Waals surface area contributed by atoms with Gasteiger partial charge in [0.25, 0.3) is 0 Å². The number of halogens is 1. The second-order valence-electron chi connectivity index (χ2n) is 5.71. The molecule has 0 bridgehead atoms. The lowest BCUT2D eigenvalue weighted by atomic mass is 10.2. The molecule has 1 fully saturated rings. The molecule has 2 aromatic heterocycles. The van der Waals surface area contributed by atoms with Crippen molar-refractivity contribution in [1.29, 1.82) is 0 Å². The van der Waals surface area contributed by atoms with Crippen LogP contribution in [0.25, 0.3) is 11.4 Å². The van der Waals surface area contributed by atoms with Gasteiger partial charge in [0.1, 0.15) is 11.0 Å². The van der Waals surface area contributed by atoms with E-state index >= 15 is 0 Å². The Morgan fingerprint density at radius 2 is 1.87 bits per heavy atom. The summed E-state index contributed by atoms with van der Waals surface area (Å²) in [4.78, 5) is 17.6. The van der Waals surface area contributed by atoms with Gasteiger partial charge in [-0.25, -0.2) is 9.97 Å². The third kappa shape index (κ3) is 4.60. The molecule has 2 aromatic rings. The summed E-state index contributed by atoms with van der Waals surface area (Å²) in [6.45, 7) is 6.33. The van der Waals surface area contributed by atoms with Gasteiger partial charge in [0.05, 0.1) is 0 Å². The van der Waals surface area contributed by atoms with Crippen LogP contribution < -0.4 is 5.32 Å². The zero-order valence-corrected chi connectivity index (χ0v) is 14.0. The van der Waals surface area contributed by atoms with Crippen LogP contribution in [0, 0.1) is 0 Å². The van der Waals surface area contributed by atoms with Crippen molar-refractivity contribution >= 4 is 17.4 Å². The summed E-state index contributed by atoms with van der Waals surface area (Å²) >= 11 is 6.12. The molecule has 1 aliphatic heterocycles. The Bertz CT molecular complexity index is 628. The summed E-state index contributed by atoms with van der Waals surface area (Å²) < 4.78 is 0. The average Bonchev–Trinajstić information content (AvgIpc) is 2.57. The van der Waals surface area contributed by atoms with Crippen LogP contribution in [0.1, 0.15) is 0 Å². The molecule has 0 radical (unpaired) electrons. The number of nitrogens with zero attached hydrogens (tertiary/aromatic N) is 5. The van der Waals surface area contributed by atoms with Crippen LogP contribution in [-0.4, -0.2) is 71.1 Å². The van der Waals surface area contributed by atoms with Gasteiger partial charge in [0, 0.05) is 63.3 Å². The fourth-order valence-corrected chi connectivity index (χ4v) is 2.74. The first-order valence-electron chi connectivity index (χ1n) is 7.80. The number of aromatic nitrogens is 3. The van der Waals surface area contributed by atoms with E-state index in [9.17, 15) is 0 Å². The Morgan fingerprint density at radius 3 is 2.61 bits per heavy atom. The molecule has 6 nitrogen and oxygen atoms in total. The second-order valence-corrected chi connectivity index (χ2v) is 6.09. The number of piperazine rings is 1. The number of likely N-dealkylation sites (N-methyl/N-ethyl adjacent to an activating group) is 1. The van der Waals surface area contributed by atoms with E-state index < -0.39 is 0 Å². The average molecular weight is 333 g/mol. The van der Waals surface area contributed by atoms with Crippen LogP contribution in [0.3, 0.4) is 0 Å². The molecule has 0 aliphatic carbocycles. The minimum atomic E-state index is 0.439. The number of hydrogen-bond donors (Lipinski definition) is 1. The van der Waals surface area contributed by atoms with Crippen LogP contribution in [0.2, 0.25) is 5.15 Å². The van der Waals surface area contributed by atoms with Crippen molar-refractivity contribution in [2.75, 3.05) is 51.6 Å². The maximum atomic E-state index is 6.12. The maximum absolute atomic E-state index is 6.12. The van der Waals surface area contributed by atoms with Crippen LogP contribution >= 0.6 is 11.6 Å². The molecule has 0 atom stereocenters. The van der Waals surface area contributed by atoms with E-state index in [1.54, 1.807) is 18.5 Å². The van der Waals surface area contributed by atoms with Gasteiger partial charge in [0.2, 0.25) is 0 Å². The van der Waals surface area contributed by atoms with Gasteiger partial charge >= 0.3 is 0 Å². The van der Waals surface area contributed by atoms with Crippen molar-refractivity contribution in [1.82, 2.24) is 24.8 Å². The number of anilines is 1. The molecule has 0 spiro atoms. The summed E-state index contributed by atoms with van der Waals surface area (Å²) in [5, 5.41) is 3.79. The normalized spacial score (nSPS) is 16.4. The van der Waals surface area contributed by atoms with Crippen molar-refractivity contribution < 1.29 is 0 Å². The molecule has 7 heteroatoms. The monoisotopic (exact) mass is 332 g/mol. The largest absolute Gasteiger partial charge is 0.369 e. The number of pyridine rings is 1. The van der Waals surface area contributed by atoms with Crippen molar-refractivity contribution in [3.63, 3.8) is 0 Å². The van der Waals surface area contributed by atoms with Gasteiger partial charge < -0.3 is 10.2 Å². The first-order chi connectivity index (χ1) is 11.2. The minimum absolute atomic E-state index is 0.439. The lowest BCUT2D eigenvalue weighted by molar-refractivity contribution is 0.158. The van der Waals surface area contributed by atoms with Crippen LogP contribution in [0.5, 0.6) is 0 Å². The smallest absolute Gasteiger partial charge is 0.163 e. The molecule has 122 valence electrons. The molecule has 0 saturated carbocycles. The molecule has 1 N–H and O–H groups in total. The van der Waals surface area contributed by atoms with Crippen LogP contribution in [-0.2, 0) is 0 Å². The van der Waals surface area contributed by atoms with Crippen molar-refractivity contribution in [2.24, 2.45) is 0 Å². The fraction of sp³-hybridized carbons (Fsp3) is 0.438. The Hall–Kier alpha value is -1.76. The third-order valence-corrected chi connectivity index (χ3v) is 4.16. The van der Waals surface area contributed by atoms with Crippen molar-refractivity contribution in [3.05, 3.63) is 35.7 Å². The predicted octanol–water partition coefficient (Wildman–Crippen LogP) is 1.85. The highest BCUT2D eigenvalue weighted by Crippen LogP contribution is 2.19. The van der Waals surface area contributed by atoms with Crippen molar-refractivity contribution in [3.8, 4) is 11.4 Å². The number of nitrogens with one attached hydrogen (secondary N) is 1. The highest BCUT2D eigenvalue weighted by molar-refractivity contribution is 6.29. The summed E-state index contributed by atoms with van der Waals surface area (Å²) in [6.07, 6.45) is 3.44. The number of rotatable bonds is 5. The molecule has 0 aromatic carbocycles. The van der Waals surface area contributed by atoms with Gasteiger partial charge in [-0.3, -0.25) is 9.88 Å². The molecule has 0 amide bonds. The zero-order valence-electron chi connectivity index (χ0n) is 13.2. The second kappa shape index (κ2) is 7.68. The molecule has 0 unspecified atom stereocenters. The van der Waals surface area contributed by atoms with E-state index in [1.165, 1.54) is 0 Å². The Labute approximate surface area is 141 Å². The van der Waals surface area contributed by atoms with Gasteiger partial charge in [-0.1, -0.05) is 11.6 Å². The van der Waals surface area contributed by atoms with Crippen LogP contribution in [0.4, 0.5) is 5.82 Å². The zero-order chi connectivity index (χ0) is 16.1. The van der Waals surface area contributed by atoms with E-state index in [-0.39, 0.29) is 0 Å². The molecule has 3 heterocycles. The maximum Gasteiger partial charge on any atom is 0.163 e. The quantitative estimate of drug-likeness (QED) is 0.843. The highest BCUT2D eigenvalue weighted by atomic mass is 35.5.